The van der Waals surface area contributed by atoms with Crippen molar-refractivity contribution in [2.45, 2.75) is 13.2 Å². The highest BCUT2D eigenvalue weighted by molar-refractivity contribution is 7.12. The first-order valence-electron chi connectivity index (χ1n) is 9.07. The number of carbonyl (C=O) groups excluding carboxylic acids is 1. The van der Waals surface area contributed by atoms with Crippen LogP contribution in [0.3, 0.4) is 0 Å². The van der Waals surface area contributed by atoms with E-state index >= 15 is 0 Å². The third-order valence-corrected chi connectivity index (χ3v) is 5.20. The van der Waals surface area contributed by atoms with Gasteiger partial charge in [0.2, 0.25) is 5.95 Å². The van der Waals surface area contributed by atoms with Crippen molar-refractivity contribution < 1.29 is 22.7 Å². The Kier molecular flexibility index (Phi) is 5.99. The second-order valence-corrected chi connectivity index (χ2v) is 7.41. The summed E-state index contributed by atoms with van der Waals surface area (Å²) < 4.78 is 47.1. The van der Waals surface area contributed by atoms with Crippen LogP contribution in [0, 0.1) is 17.5 Å². The van der Waals surface area contributed by atoms with Gasteiger partial charge in [-0.3, -0.25) is 10.1 Å². The Bertz CT molecular complexity index is 1220. The van der Waals surface area contributed by atoms with Gasteiger partial charge in [-0.1, -0.05) is 18.2 Å². The smallest absolute Gasteiger partial charge is 0.268 e. The first kappa shape index (κ1) is 20.6. The summed E-state index contributed by atoms with van der Waals surface area (Å²) in [4.78, 5) is 16.8. The number of nitrogens with one attached hydrogen (secondary N) is 1. The Hall–Kier alpha value is -3.66. The second kappa shape index (κ2) is 9.00. The molecule has 0 saturated heterocycles. The molecule has 0 unspecified atom stereocenters. The predicted octanol–water partition coefficient (Wildman–Crippen LogP) is 4.64. The lowest BCUT2D eigenvalue weighted by atomic mass is 10.2. The van der Waals surface area contributed by atoms with Crippen molar-refractivity contribution in [3.63, 3.8) is 0 Å². The fourth-order valence-electron chi connectivity index (χ4n) is 2.72. The van der Waals surface area contributed by atoms with Gasteiger partial charge in [-0.15, -0.1) is 16.4 Å². The molecule has 1 N–H and O–H groups in total. The standard InChI is InChI=1S/C21H15F3N4O2S/c22-15-5-6-18(17(24)8-15)30-10-13-7-19(31-11-13)20(29)26-21-25-12-28(27-21)9-14-3-1-2-4-16(14)23/h1-8,11-12H,9-10H2,(H,26,27,29). The Morgan fingerprint density at radius 2 is 1.94 bits per heavy atom. The quantitative estimate of drug-likeness (QED) is 0.451. The maximum Gasteiger partial charge on any atom is 0.268 e. The number of rotatable bonds is 7. The summed E-state index contributed by atoms with van der Waals surface area (Å²) in [5, 5.41) is 8.39. The SMILES string of the molecule is O=C(Nc1ncn(Cc2ccccc2F)n1)c1cc(COc2ccc(F)cc2F)cs1. The molecule has 0 aliphatic rings. The number of hydrogen-bond acceptors (Lipinski definition) is 5. The van der Waals surface area contributed by atoms with Gasteiger partial charge in [0.05, 0.1) is 11.4 Å². The van der Waals surface area contributed by atoms with Crippen LogP contribution in [0.4, 0.5) is 19.1 Å². The molecule has 31 heavy (non-hydrogen) atoms. The largest absolute Gasteiger partial charge is 0.486 e. The van der Waals surface area contributed by atoms with E-state index in [2.05, 4.69) is 15.4 Å². The Labute approximate surface area is 178 Å². The first-order chi connectivity index (χ1) is 15.0. The molecular formula is C21H15F3N4O2S. The second-order valence-electron chi connectivity index (χ2n) is 6.49. The average molecular weight is 444 g/mol. The van der Waals surface area contributed by atoms with Crippen LogP contribution in [0.15, 0.2) is 60.2 Å². The summed E-state index contributed by atoms with van der Waals surface area (Å²) in [6.45, 7) is 0.192. The zero-order chi connectivity index (χ0) is 21.8. The average Bonchev–Trinajstić information content (AvgIpc) is 3.39. The molecule has 0 aliphatic heterocycles. The predicted molar refractivity (Wildman–Crippen MR) is 108 cm³/mol. The maximum atomic E-state index is 13.7. The third kappa shape index (κ3) is 5.10. The molecule has 0 radical (unpaired) electrons. The van der Waals surface area contributed by atoms with Crippen LogP contribution >= 0.6 is 11.3 Å². The van der Waals surface area contributed by atoms with Gasteiger partial charge in [-0.05, 0) is 29.6 Å². The minimum atomic E-state index is -0.801. The highest BCUT2D eigenvalue weighted by atomic mass is 32.1. The summed E-state index contributed by atoms with van der Waals surface area (Å²) in [5.74, 6) is -2.26. The van der Waals surface area contributed by atoms with Gasteiger partial charge in [-0.2, -0.15) is 0 Å². The normalized spacial score (nSPS) is 10.8. The first-order valence-corrected chi connectivity index (χ1v) is 9.95. The molecule has 158 valence electrons. The van der Waals surface area contributed by atoms with Crippen LogP contribution in [-0.4, -0.2) is 20.7 Å². The number of benzene rings is 2. The Morgan fingerprint density at radius 1 is 1.10 bits per heavy atom. The number of amides is 1. The zero-order valence-electron chi connectivity index (χ0n) is 15.9. The summed E-state index contributed by atoms with van der Waals surface area (Å²) in [5.41, 5.74) is 1.10. The minimum Gasteiger partial charge on any atom is -0.486 e. The molecular weight excluding hydrogens is 429 g/mol. The molecule has 1 amide bonds. The number of anilines is 1. The lowest BCUT2D eigenvalue weighted by Gasteiger charge is -2.05. The van der Waals surface area contributed by atoms with E-state index in [-0.39, 0.29) is 30.7 Å². The fourth-order valence-corrected chi connectivity index (χ4v) is 3.51. The molecule has 0 saturated carbocycles. The number of ether oxygens (including phenoxy) is 1. The van der Waals surface area contributed by atoms with E-state index in [9.17, 15) is 18.0 Å². The van der Waals surface area contributed by atoms with Gasteiger partial charge in [0.1, 0.15) is 24.6 Å². The molecule has 10 heteroatoms. The molecule has 0 spiro atoms. The van der Waals surface area contributed by atoms with Crippen molar-refractivity contribution >= 4 is 23.2 Å². The summed E-state index contributed by atoms with van der Waals surface area (Å²) >= 11 is 1.17. The van der Waals surface area contributed by atoms with E-state index in [0.29, 0.717) is 16.0 Å². The van der Waals surface area contributed by atoms with E-state index in [0.717, 1.165) is 12.1 Å². The number of aromatic nitrogens is 3. The molecule has 6 nitrogen and oxygen atoms in total. The van der Waals surface area contributed by atoms with Crippen molar-refractivity contribution in [1.82, 2.24) is 14.8 Å². The zero-order valence-corrected chi connectivity index (χ0v) is 16.7. The molecule has 0 fully saturated rings. The number of hydrogen-bond donors (Lipinski definition) is 1. The van der Waals surface area contributed by atoms with Crippen LogP contribution in [-0.2, 0) is 13.2 Å². The highest BCUT2D eigenvalue weighted by Crippen LogP contribution is 2.21. The van der Waals surface area contributed by atoms with Crippen LogP contribution in [0.1, 0.15) is 20.8 Å². The summed E-state index contributed by atoms with van der Waals surface area (Å²) in [6.07, 6.45) is 1.40. The third-order valence-electron chi connectivity index (χ3n) is 4.22. The maximum absolute atomic E-state index is 13.7. The van der Waals surface area contributed by atoms with Crippen LogP contribution in [0.25, 0.3) is 0 Å². The number of thiophene rings is 1. The van der Waals surface area contributed by atoms with E-state index < -0.39 is 17.5 Å². The van der Waals surface area contributed by atoms with Crippen LogP contribution < -0.4 is 10.1 Å². The summed E-state index contributed by atoms with van der Waals surface area (Å²) in [7, 11) is 0. The fraction of sp³-hybridized carbons (Fsp3) is 0.0952. The van der Waals surface area contributed by atoms with Crippen LogP contribution in [0.5, 0.6) is 5.75 Å². The van der Waals surface area contributed by atoms with Crippen molar-refractivity contribution in [2.75, 3.05) is 5.32 Å². The molecule has 0 aliphatic carbocycles. The molecule has 4 aromatic rings. The lowest BCUT2D eigenvalue weighted by molar-refractivity contribution is 0.102. The molecule has 2 aromatic carbocycles. The van der Waals surface area contributed by atoms with Gasteiger partial charge < -0.3 is 4.74 Å². The van der Waals surface area contributed by atoms with E-state index in [1.54, 1.807) is 29.6 Å². The van der Waals surface area contributed by atoms with Gasteiger partial charge in [-0.25, -0.2) is 22.8 Å². The van der Waals surface area contributed by atoms with Crippen molar-refractivity contribution in [2.24, 2.45) is 0 Å². The van der Waals surface area contributed by atoms with Gasteiger partial charge in [0.25, 0.3) is 5.91 Å². The van der Waals surface area contributed by atoms with Crippen molar-refractivity contribution in [1.29, 1.82) is 0 Å². The molecule has 2 heterocycles. The van der Waals surface area contributed by atoms with E-state index in [1.807, 2.05) is 0 Å². The van der Waals surface area contributed by atoms with Crippen LogP contribution in [0.2, 0.25) is 0 Å². The lowest BCUT2D eigenvalue weighted by Crippen LogP contribution is -2.12. The molecule has 0 bridgehead atoms. The van der Waals surface area contributed by atoms with Gasteiger partial charge in [0.15, 0.2) is 11.6 Å². The highest BCUT2D eigenvalue weighted by Gasteiger charge is 2.13. The molecule has 2 aromatic heterocycles. The van der Waals surface area contributed by atoms with Gasteiger partial charge >= 0.3 is 0 Å². The topological polar surface area (TPSA) is 69.0 Å². The Morgan fingerprint density at radius 3 is 2.74 bits per heavy atom. The van der Waals surface area contributed by atoms with Crippen molar-refractivity contribution in [3.05, 3.63) is 93.7 Å². The minimum absolute atomic E-state index is 0.0157. The van der Waals surface area contributed by atoms with E-state index in [4.69, 9.17) is 4.74 Å². The molecule has 4 rings (SSSR count). The number of carbonyl (C=O) groups is 1. The Balaban J connectivity index is 1.35. The van der Waals surface area contributed by atoms with Gasteiger partial charge in [0, 0.05) is 17.2 Å². The van der Waals surface area contributed by atoms with E-state index in [1.165, 1.54) is 34.5 Å². The monoisotopic (exact) mass is 444 g/mol. The number of nitrogens with zero attached hydrogens (tertiary/aromatic N) is 3. The number of halogens is 3. The van der Waals surface area contributed by atoms with Crippen molar-refractivity contribution in [3.8, 4) is 5.75 Å². The molecule has 0 atom stereocenters. The summed E-state index contributed by atoms with van der Waals surface area (Å²) in [6, 6.07) is 11.0.